The molecule has 0 aliphatic carbocycles. The van der Waals surface area contributed by atoms with Gasteiger partial charge in [0.1, 0.15) is 0 Å². The van der Waals surface area contributed by atoms with Gasteiger partial charge in [0, 0.05) is 11.6 Å². The minimum Gasteiger partial charge on any atom is -0.411 e. The van der Waals surface area contributed by atoms with Crippen molar-refractivity contribution >= 4 is 18.2 Å². The average Bonchev–Trinajstić information content (AvgIpc) is 2.17. The van der Waals surface area contributed by atoms with Crippen LogP contribution in [0.3, 0.4) is 0 Å². The van der Waals surface area contributed by atoms with Crippen LogP contribution in [0.2, 0.25) is 0 Å². The maximum Gasteiger partial charge on any atom is 0.241 e. The van der Waals surface area contributed by atoms with Crippen LogP contribution >= 0.6 is 0 Å². The van der Waals surface area contributed by atoms with Gasteiger partial charge in [0.15, 0.2) is 0 Å². The van der Waals surface area contributed by atoms with Crippen molar-refractivity contribution in [3.8, 4) is 0 Å². The molecule has 0 radical (unpaired) electrons. The normalized spacial score (nSPS) is 11.1. The third kappa shape index (κ3) is 2.75. The fourth-order valence-corrected chi connectivity index (χ4v) is 1.01. The number of rotatable bonds is 3. The van der Waals surface area contributed by atoms with Gasteiger partial charge in [-0.25, -0.2) is 0 Å². The summed E-state index contributed by atoms with van der Waals surface area (Å²) >= 11 is 0. The lowest BCUT2D eigenvalue weighted by atomic mass is 10.1. The number of carbonyl (C=O) groups is 1. The van der Waals surface area contributed by atoms with Crippen LogP contribution in [0.5, 0.6) is 0 Å². The lowest BCUT2D eigenvalue weighted by Gasteiger charge is -1.97. The van der Waals surface area contributed by atoms with Crippen LogP contribution < -0.4 is 5.73 Å². The van der Waals surface area contributed by atoms with Crippen LogP contribution in [0.1, 0.15) is 11.1 Å². The molecule has 14 heavy (non-hydrogen) atoms. The molecule has 0 atom stereocenters. The maximum atomic E-state index is 10.5. The predicted octanol–water partition coefficient (Wildman–Crippen LogP) is 0.993. The molecule has 1 aromatic rings. The second kappa shape index (κ2) is 4.81. The van der Waals surface area contributed by atoms with E-state index in [0.717, 1.165) is 5.56 Å². The van der Waals surface area contributed by atoms with E-state index in [1.165, 1.54) is 12.3 Å². The number of oxime groups is 1. The Balaban J connectivity index is 3.01. The van der Waals surface area contributed by atoms with E-state index in [9.17, 15) is 4.79 Å². The van der Waals surface area contributed by atoms with Crippen LogP contribution in [0.4, 0.5) is 0 Å². The summed E-state index contributed by atoms with van der Waals surface area (Å²) < 4.78 is 0. The van der Waals surface area contributed by atoms with Crippen molar-refractivity contribution in [2.75, 3.05) is 0 Å². The van der Waals surface area contributed by atoms with Gasteiger partial charge >= 0.3 is 0 Å². The Bertz CT molecular complexity index is 383. The molecule has 4 nitrogen and oxygen atoms in total. The topological polar surface area (TPSA) is 75.7 Å². The minimum absolute atomic E-state index is 0.513. The van der Waals surface area contributed by atoms with Crippen molar-refractivity contribution < 1.29 is 10.0 Å². The van der Waals surface area contributed by atoms with Gasteiger partial charge in [-0.05, 0) is 11.6 Å². The molecule has 0 heterocycles. The Morgan fingerprint density at radius 3 is 2.57 bits per heavy atom. The Labute approximate surface area is 81.3 Å². The molecular weight excluding hydrogens is 180 g/mol. The first-order chi connectivity index (χ1) is 6.74. The molecule has 0 unspecified atom stereocenters. The van der Waals surface area contributed by atoms with E-state index in [-0.39, 0.29) is 0 Å². The number of nitrogens with zero attached hydrogens (tertiary/aromatic N) is 1. The van der Waals surface area contributed by atoms with Crippen molar-refractivity contribution in [3.05, 3.63) is 41.5 Å². The lowest BCUT2D eigenvalue weighted by molar-refractivity contribution is -0.113. The van der Waals surface area contributed by atoms with E-state index in [0.29, 0.717) is 5.56 Å². The number of benzene rings is 1. The smallest absolute Gasteiger partial charge is 0.241 e. The molecule has 4 heteroatoms. The van der Waals surface area contributed by atoms with Gasteiger partial charge in [-0.3, -0.25) is 4.79 Å². The SMILES string of the molecule is NC(=O)C=Cc1ccccc1C=NO. The monoisotopic (exact) mass is 190 g/mol. The fourth-order valence-electron chi connectivity index (χ4n) is 1.01. The average molecular weight is 190 g/mol. The van der Waals surface area contributed by atoms with Crippen LogP contribution in [0.25, 0.3) is 6.08 Å². The minimum atomic E-state index is -0.513. The zero-order valence-electron chi connectivity index (χ0n) is 7.42. The number of carbonyl (C=O) groups excluding carboxylic acids is 1. The van der Waals surface area contributed by atoms with Crippen LogP contribution in [0.15, 0.2) is 35.5 Å². The van der Waals surface area contributed by atoms with E-state index < -0.39 is 5.91 Å². The molecule has 3 N–H and O–H groups in total. The highest BCUT2D eigenvalue weighted by atomic mass is 16.4. The van der Waals surface area contributed by atoms with Gasteiger partial charge in [0.05, 0.1) is 6.21 Å². The number of amides is 1. The first kappa shape index (κ1) is 9.98. The molecule has 0 aliphatic rings. The van der Waals surface area contributed by atoms with E-state index in [4.69, 9.17) is 10.9 Å². The van der Waals surface area contributed by atoms with Gasteiger partial charge in [-0.2, -0.15) is 0 Å². The van der Waals surface area contributed by atoms with Gasteiger partial charge < -0.3 is 10.9 Å². The first-order valence-electron chi connectivity index (χ1n) is 3.98. The number of hydrogen-bond donors (Lipinski definition) is 2. The van der Waals surface area contributed by atoms with Gasteiger partial charge in [0.25, 0.3) is 0 Å². The lowest BCUT2D eigenvalue weighted by Crippen LogP contribution is -2.05. The van der Waals surface area contributed by atoms with Crippen molar-refractivity contribution in [1.29, 1.82) is 0 Å². The zero-order valence-corrected chi connectivity index (χ0v) is 7.42. The highest BCUT2D eigenvalue weighted by Crippen LogP contribution is 2.07. The molecule has 0 fully saturated rings. The van der Waals surface area contributed by atoms with Crippen molar-refractivity contribution in [2.45, 2.75) is 0 Å². The molecular formula is C10H10N2O2. The molecule has 0 saturated carbocycles. The van der Waals surface area contributed by atoms with Crippen molar-refractivity contribution in [1.82, 2.24) is 0 Å². The Morgan fingerprint density at radius 2 is 2.00 bits per heavy atom. The van der Waals surface area contributed by atoms with Crippen molar-refractivity contribution in [3.63, 3.8) is 0 Å². The third-order valence-corrected chi connectivity index (χ3v) is 1.62. The summed E-state index contributed by atoms with van der Waals surface area (Å²) in [7, 11) is 0. The van der Waals surface area contributed by atoms with Crippen LogP contribution in [-0.2, 0) is 4.79 Å². The number of primary amides is 1. The predicted molar refractivity (Wildman–Crippen MR) is 54.1 cm³/mol. The zero-order chi connectivity index (χ0) is 10.4. The number of nitrogens with two attached hydrogens (primary N) is 1. The fraction of sp³-hybridized carbons (Fsp3) is 0. The molecule has 1 rings (SSSR count). The molecule has 0 spiro atoms. The molecule has 0 aromatic heterocycles. The summed E-state index contributed by atoms with van der Waals surface area (Å²) in [5.41, 5.74) is 6.44. The Hall–Kier alpha value is -2.10. The van der Waals surface area contributed by atoms with Gasteiger partial charge in [-0.1, -0.05) is 29.4 Å². The molecule has 0 aliphatic heterocycles. The molecule has 0 saturated heterocycles. The standard InChI is InChI=1S/C10H10N2O2/c11-10(13)6-5-8-3-1-2-4-9(8)7-12-14/h1-7,14H,(H2,11,13). The quantitative estimate of drug-likeness (QED) is 0.323. The molecule has 0 bridgehead atoms. The summed E-state index contributed by atoms with van der Waals surface area (Å²) in [6.07, 6.45) is 4.12. The molecule has 1 aromatic carbocycles. The second-order valence-corrected chi connectivity index (χ2v) is 2.61. The second-order valence-electron chi connectivity index (χ2n) is 2.61. The van der Waals surface area contributed by atoms with Gasteiger partial charge in [-0.15, -0.1) is 0 Å². The summed E-state index contributed by atoms with van der Waals surface area (Å²) in [6, 6.07) is 7.17. The van der Waals surface area contributed by atoms with Crippen LogP contribution in [-0.4, -0.2) is 17.3 Å². The summed E-state index contributed by atoms with van der Waals surface area (Å²) in [5.74, 6) is -0.513. The van der Waals surface area contributed by atoms with Crippen LogP contribution in [0, 0.1) is 0 Å². The van der Waals surface area contributed by atoms with Gasteiger partial charge in [0.2, 0.25) is 5.91 Å². The van der Waals surface area contributed by atoms with Crippen molar-refractivity contribution in [2.24, 2.45) is 10.9 Å². The molecule has 1 amide bonds. The largest absolute Gasteiger partial charge is 0.411 e. The summed E-state index contributed by atoms with van der Waals surface area (Å²) in [6.45, 7) is 0. The number of hydrogen-bond acceptors (Lipinski definition) is 3. The maximum absolute atomic E-state index is 10.5. The summed E-state index contributed by atoms with van der Waals surface area (Å²) in [4.78, 5) is 10.5. The van der Waals surface area contributed by atoms with E-state index >= 15 is 0 Å². The van der Waals surface area contributed by atoms with E-state index in [1.807, 2.05) is 6.07 Å². The molecule has 72 valence electrons. The highest BCUT2D eigenvalue weighted by molar-refractivity contribution is 5.93. The first-order valence-corrected chi connectivity index (χ1v) is 3.98. The highest BCUT2D eigenvalue weighted by Gasteiger charge is 1.95. The van der Waals surface area contributed by atoms with E-state index in [1.54, 1.807) is 24.3 Å². The van der Waals surface area contributed by atoms with E-state index in [2.05, 4.69) is 5.16 Å². The third-order valence-electron chi connectivity index (χ3n) is 1.62. The Kier molecular flexibility index (Phi) is 3.43. The summed E-state index contributed by atoms with van der Waals surface area (Å²) in [5, 5.41) is 11.3. The Morgan fingerprint density at radius 1 is 1.36 bits per heavy atom.